The smallest absolute Gasteiger partial charge is 0.512 e. The van der Waals surface area contributed by atoms with Gasteiger partial charge in [-0.05, 0) is 60.7 Å². The molecule has 0 heterocycles. The Morgan fingerprint density at radius 1 is 1.13 bits per heavy atom. The third-order valence-electron chi connectivity index (χ3n) is 4.84. The Labute approximate surface area is 197 Å². The fourth-order valence-electron chi connectivity index (χ4n) is 3.75. The van der Waals surface area contributed by atoms with E-state index in [1.165, 1.54) is 0 Å². The molecule has 157 valence electrons. The minimum atomic E-state index is -0.951. The number of halogens is 2. The summed E-state index contributed by atoms with van der Waals surface area (Å²) < 4.78 is 5.20. The maximum absolute atomic E-state index is 12.6. The number of hydrogen-bond acceptors (Lipinski definition) is 5. The average Bonchev–Trinajstić information content (AvgIpc) is 3.11. The van der Waals surface area contributed by atoms with Gasteiger partial charge in [-0.2, -0.15) is 5.26 Å². The van der Waals surface area contributed by atoms with E-state index in [1.54, 1.807) is 19.1 Å². The van der Waals surface area contributed by atoms with Gasteiger partial charge < -0.3 is 28.4 Å². The quantitative estimate of drug-likeness (QED) is 0.337. The van der Waals surface area contributed by atoms with E-state index < -0.39 is 17.3 Å². The maximum atomic E-state index is 12.6. The minimum absolute atomic E-state index is 0. The molecule has 8 heteroatoms. The van der Waals surface area contributed by atoms with Gasteiger partial charge in [0, 0.05) is 15.5 Å². The van der Waals surface area contributed by atoms with Crippen molar-refractivity contribution >= 4 is 29.2 Å². The summed E-state index contributed by atoms with van der Waals surface area (Å²) in [5.41, 5.74) is 2.11. The molecule has 0 fully saturated rings. The predicted molar refractivity (Wildman–Crippen MR) is 108 cm³/mol. The van der Waals surface area contributed by atoms with Gasteiger partial charge in [0.15, 0.2) is 5.92 Å². The van der Waals surface area contributed by atoms with E-state index in [0.717, 1.165) is 23.1 Å². The number of nitriles is 1. The van der Waals surface area contributed by atoms with Gasteiger partial charge >= 0.3 is 23.0 Å². The van der Waals surface area contributed by atoms with Gasteiger partial charge in [-0.1, -0.05) is 41.4 Å². The van der Waals surface area contributed by atoms with Crippen molar-refractivity contribution in [2.24, 2.45) is 5.92 Å². The fourth-order valence-corrected chi connectivity index (χ4v) is 4.05. The molecule has 0 amide bonds. The second kappa shape index (κ2) is 12.9. The molecule has 0 aromatic heterocycles. The summed E-state index contributed by atoms with van der Waals surface area (Å²) in [5, 5.41) is 23.5. The van der Waals surface area contributed by atoms with Crippen LogP contribution in [0.2, 0.25) is 10.0 Å². The van der Waals surface area contributed by atoms with Crippen LogP contribution in [0.3, 0.4) is 0 Å². The number of esters is 1. The molecule has 0 saturated heterocycles. The molecule has 0 bridgehead atoms. The van der Waals surface area contributed by atoms with Crippen LogP contribution in [0.4, 0.5) is 0 Å². The first-order valence-corrected chi connectivity index (χ1v) is 9.34. The predicted octanol–water partition coefficient (Wildman–Crippen LogP) is 5.12. The molecule has 2 aromatic carbocycles. The number of aryl methyl sites for hydroxylation is 1. The number of hydrogen-bond donors (Lipinski definition) is 0. The monoisotopic (exact) mass is 488 g/mol. The summed E-state index contributed by atoms with van der Waals surface area (Å²) in [6.07, 6.45) is 1.41. The number of carbonyl (C=O) groups is 1. The number of nitrogens with zero attached hydrogens (tertiary/aromatic N) is 3. The molecule has 0 saturated carbocycles. The zero-order chi connectivity index (χ0) is 22.0. The SMILES string of the molecule is CCOC(=O)C(C#N)C1(c2ccc(Cl)cc2)CCc2ccc(Cl)cc21.[C-]#N.[C-]#N.[Cu+2]. The summed E-state index contributed by atoms with van der Waals surface area (Å²) in [4.78, 5) is 12.6. The Morgan fingerprint density at radius 3 is 2.23 bits per heavy atom. The van der Waals surface area contributed by atoms with Crippen LogP contribution < -0.4 is 0 Å². The second-order valence-electron chi connectivity index (χ2n) is 6.09. The van der Waals surface area contributed by atoms with Gasteiger partial charge in [0.2, 0.25) is 0 Å². The van der Waals surface area contributed by atoms with E-state index in [-0.39, 0.29) is 23.7 Å². The molecule has 1 aliphatic carbocycles. The average molecular weight is 490 g/mol. The molecule has 3 rings (SSSR count). The fraction of sp³-hybridized carbons (Fsp3) is 0.273. The number of carbonyl (C=O) groups excluding carboxylic acids is 1. The van der Waals surface area contributed by atoms with Gasteiger partial charge in [0.05, 0.1) is 12.7 Å². The Morgan fingerprint density at radius 2 is 1.70 bits per heavy atom. The molecule has 2 unspecified atom stereocenters. The summed E-state index contributed by atoms with van der Waals surface area (Å²) in [6, 6.07) is 15.2. The molecule has 0 spiro atoms. The van der Waals surface area contributed by atoms with Crippen LogP contribution in [0, 0.1) is 40.9 Å². The molecule has 0 aliphatic heterocycles. The Kier molecular flexibility index (Phi) is 11.8. The van der Waals surface area contributed by atoms with Gasteiger partial charge in [-0.3, -0.25) is 4.79 Å². The third-order valence-corrected chi connectivity index (χ3v) is 5.33. The molecular formula is C22H17Cl2CuN3O2. The Balaban J connectivity index is 0.00000159. The molecular weight excluding hydrogens is 473 g/mol. The van der Waals surface area contributed by atoms with Crippen molar-refractivity contribution in [3.8, 4) is 6.07 Å². The molecule has 5 nitrogen and oxygen atoms in total. The van der Waals surface area contributed by atoms with Crippen molar-refractivity contribution in [2.75, 3.05) is 6.61 Å². The van der Waals surface area contributed by atoms with Crippen LogP contribution >= 0.6 is 23.2 Å². The number of benzene rings is 2. The first-order valence-electron chi connectivity index (χ1n) is 8.59. The standard InChI is InChI=1S/C20H17Cl2NO2.2CN.Cu/c1-2-25-19(24)18(12-23)20(14-4-7-15(21)8-5-14)10-9-13-3-6-16(22)11-17(13)20;2*1-2;/h3-8,11,18H,2,9-10H2,1H3;;;/q;2*-1;+2. The number of ether oxygens (including phenoxy) is 1. The second-order valence-corrected chi connectivity index (χ2v) is 6.97. The van der Waals surface area contributed by atoms with Crippen LogP contribution in [0.15, 0.2) is 42.5 Å². The van der Waals surface area contributed by atoms with Gasteiger partial charge in [-0.25, -0.2) is 0 Å². The molecule has 30 heavy (non-hydrogen) atoms. The maximum Gasteiger partial charge on any atom is 2.00 e. The topological polar surface area (TPSA) is 97.7 Å². The van der Waals surface area contributed by atoms with Gasteiger partial charge in [-0.15, -0.1) is 0 Å². The van der Waals surface area contributed by atoms with Crippen LogP contribution in [0.5, 0.6) is 0 Å². The molecule has 2 atom stereocenters. The van der Waals surface area contributed by atoms with Crippen molar-refractivity contribution in [3.05, 3.63) is 82.3 Å². The third kappa shape index (κ3) is 5.34. The number of rotatable bonds is 4. The zero-order valence-corrected chi connectivity index (χ0v) is 18.4. The van der Waals surface area contributed by atoms with E-state index in [1.807, 2.05) is 30.3 Å². The molecule has 2 aromatic rings. The van der Waals surface area contributed by atoms with E-state index in [2.05, 4.69) is 6.07 Å². The Bertz CT molecular complexity index is 933. The summed E-state index contributed by atoms with van der Waals surface area (Å²) in [5.74, 6) is -1.46. The molecule has 0 N–H and O–H groups in total. The summed E-state index contributed by atoms with van der Waals surface area (Å²) in [6.45, 7) is 11.5. The molecule has 1 aliphatic rings. The van der Waals surface area contributed by atoms with Crippen molar-refractivity contribution < 1.29 is 26.6 Å². The normalized spacial score (nSPS) is 16.6. The summed E-state index contributed by atoms with van der Waals surface area (Å²) >= 11 is 12.3. The van der Waals surface area contributed by atoms with Crippen molar-refractivity contribution in [1.82, 2.24) is 0 Å². The van der Waals surface area contributed by atoms with E-state index >= 15 is 0 Å². The van der Waals surface area contributed by atoms with Crippen LogP contribution in [0.25, 0.3) is 0 Å². The van der Waals surface area contributed by atoms with E-state index in [9.17, 15) is 10.1 Å². The minimum Gasteiger partial charge on any atom is -0.512 e. The first-order chi connectivity index (χ1) is 14.0. The van der Waals surface area contributed by atoms with Crippen LogP contribution in [0.1, 0.15) is 30.0 Å². The van der Waals surface area contributed by atoms with Crippen molar-refractivity contribution in [2.45, 2.75) is 25.2 Å². The van der Waals surface area contributed by atoms with Crippen molar-refractivity contribution in [1.29, 1.82) is 15.8 Å². The summed E-state index contributed by atoms with van der Waals surface area (Å²) in [7, 11) is 0. The van der Waals surface area contributed by atoms with Crippen LogP contribution in [-0.2, 0) is 38.4 Å². The van der Waals surface area contributed by atoms with Gasteiger partial charge in [0.1, 0.15) is 0 Å². The first kappa shape index (κ1) is 27.5. The van der Waals surface area contributed by atoms with E-state index in [4.69, 9.17) is 51.6 Å². The Hall–Kier alpha value is -2.52. The van der Waals surface area contributed by atoms with Crippen LogP contribution in [-0.4, -0.2) is 12.6 Å². The van der Waals surface area contributed by atoms with Gasteiger partial charge in [0.25, 0.3) is 0 Å². The van der Waals surface area contributed by atoms with Crippen molar-refractivity contribution in [3.63, 3.8) is 0 Å². The zero-order valence-electron chi connectivity index (χ0n) is 16.0. The molecule has 1 radical (unpaired) electrons. The largest absolute Gasteiger partial charge is 2.00 e. The van der Waals surface area contributed by atoms with E-state index in [0.29, 0.717) is 16.5 Å². The number of fused-ring (bicyclic) bond motifs is 1.